The molecule has 1 aliphatic rings. The molecule has 1 fully saturated rings. The second-order valence-corrected chi connectivity index (χ2v) is 5.51. The maximum Gasteiger partial charge on any atom is 0.221 e. The van der Waals surface area contributed by atoms with Crippen molar-refractivity contribution in [2.75, 3.05) is 6.54 Å². The van der Waals surface area contributed by atoms with Crippen LogP contribution in [0.3, 0.4) is 0 Å². The van der Waals surface area contributed by atoms with E-state index in [1.165, 1.54) is 25.7 Å². The lowest BCUT2D eigenvalue weighted by Gasteiger charge is -2.35. The van der Waals surface area contributed by atoms with E-state index in [-0.39, 0.29) is 11.8 Å². The van der Waals surface area contributed by atoms with Gasteiger partial charge in [-0.2, -0.15) is 0 Å². The molecule has 0 saturated heterocycles. The van der Waals surface area contributed by atoms with Gasteiger partial charge in [0.25, 0.3) is 0 Å². The molecule has 0 aromatic heterocycles. The topological polar surface area (TPSA) is 55.1 Å². The predicted molar refractivity (Wildman–Crippen MR) is 66.9 cm³/mol. The minimum atomic E-state index is -0.204. The highest BCUT2D eigenvalue weighted by molar-refractivity contribution is 5.76. The molecule has 0 aromatic rings. The van der Waals surface area contributed by atoms with Gasteiger partial charge in [0, 0.05) is 18.5 Å². The van der Waals surface area contributed by atoms with Crippen LogP contribution in [0.1, 0.15) is 46.5 Å². The smallest absolute Gasteiger partial charge is 0.221 e. The Bertz CT molecular complexity index is 228. The second-order valence-electron chi connectivity index (χ2n) is 5.51. The monoisotopic (exact) mass is 226 g/mol. The third-order valence-electron chi connectivity index (χ3n) is 3.85. The van der Waals surface area contributed by atoms with E-state index in [1.54, 1.807) is 0 Å². The Hall–Kier alpha value is -0.570. The van der Waals surface area contributed by atoms with Crippen LogP contribution in [-0.2, 0) is 4.79 Å². The van der Waals surface area contributed by atoms with Gasteiger partial charge >= 0.3 is 0 Å². The summed E-state index contributed by atoms with van der Waals surface area (Å²) < 4.78 is 0. The maximum atomic E-state index is 11.0. The summed E-state index contributed by atoms with van der Waals surface area (Å²) in [4.78, 5) is 11.0. The Morgan fingerprint density at radius 2 is 1.94 bits per heavy atom. The Morgan fingerprint density at radius 1 is 1.31 bits per heavy atom. The number of hydrogen-bond acceptors (Lipinski definition) is 2. The molecule has 0 aliphatic heterocycles. The lowest BCUT2D eigenvalue weighted by Crippen LogP contribution is -2.44. The van der Waals surface area contributed by atoms with Crippen molar-refractivity contribution >= 4 is 5.91 Å². The molecule has 3 atom stereocenters. The summed E-state index contributed by atoms with van der Waals surface area (Å²) in [6.07, 6.45) is 5.23. The highest BCUT2D eigenvalue weighted by Crippen LogP contribution is 2.30. The summed E-state index contributed by atoms with van der Waals surface area (Å²) in [5.74, 6) is 1.22. The molecule has 1 saturated carbocycles. The number of carbonyl (C=O) groups excluding carboxylic acids is 1. The Labute approximate surface area is 99.2 Å². The predicted octanol–water partition coefficient (Wildman–Crippen LogP) is 1.91. The van der Waals surface area contributed by atoms with Crippen LogP contribution in [0, 0.1) is 17.8 Å². The van der Waals surface area contributed by atoms with Crippen molar-refractivity contribution < 1.29 is 4.79 Å². The number of hydrogen-bond donors (Lipinski definition) is 2. The van der Waals surface area contributed by atoms with Crippen LogP contribution in [0.5, 0.6) is 0 Å². The minimum absolute atomic E-state index is 0.0604. The van der Waals surface area contributed by atoms with Crippen LogP contribution < -0.4 is 11.1 Å². The van der Waals surface area contributed by atoms with Crippen molar-refractivity contribution in [3.63, 3.8) is 0 Å². The molecule has 0 heterocycles. The van der Waals surface area contributed by atoms with E-state index in [1.807, 2.05) is 6.92 Å². The van der Waals surface area contributed by atoms with Gasteiger partial charge in [-0.15, -0.1) is 0 Å². The molecule has 3 nitrogen and oxygen atoms in total. The molecule has 0 aromatic carbocycles. The Morgan fingerprint density at radius 3 is 2.50 bits per heavy atom. The van der Waals surface area contributed by atoms with Gasteiger partial charge in [0.2, 0.25) is 5.91 Å². The quantitative estimate of drug-likeness (QED) is 0.752. The largest absolute Gasteiger partial charge is 0.369 e. The minimum Gasteiger partial charge on any atom is -0.369 e. The number of nitrogens with one attached hydrogen (secondary N) is 1. The summed E-state index contributed by atoms with van der Waals surface area (Å²) in [6.45, 7) is 7.20. The summed E-state index contributed by atoms with van der Waals surface area (Å²) >= 11 is 0. The van der Waals surface area contributed by atoms with E-state index in [4.69, 9.17) is 5.73 Å². The van der Waals surface area contributed by atoms with Crippen molar-refractivity contribution in [2.45, 2.75) is 52.5 Å². The summed E-state index contributed by atoms with van der Waals surface area (Å²) in [5, 5.41) is 3.53. The number of rotatable bonds is 5. The van der Waals surface area contributed by atoms with Crippen LogP contribution in [0.25, 0.3) is 0 Å². The lowest BCUT2D eigenvalue weighted by molar-refractivity contribution is -0.121. The Kier molecular flexibility index (Phi) is 5.26. The summed E-state index contributed by atoms with van der Waals surface area (Å²) in [7, 11) is 0. The number of primary amides is 1. The number of nitrogens with two attached hydrogens (primary N) is 1. The first-order valence-corrected chi connectivity index (χ1v) is 6.55. The van der Waals surface area contributed by atoms with E-state index < -0.39 is 0 Å². The zero-order valence-corrected chi connectivity index (χ0v) is 10.8. The highest BCUT2D eigenvalue weighted by atomic mass is 16.1. The first kappa shape index (κ1) is 13.5. The molecular weight excluding hydrogens is 200 g/mol. The van der Waals surface area contributed by atoms with Gasteiger partial charge < -0.3 is 11.1 Å². The summed E-state index contributed by atoms with van der Waals surface area (Å²) in [6, 6.07) is 0.579. The first-order chi connectivity index (χ1) is 7.52. The van der Waals surface area contributed by atoms with Crippen molar-refractivity contribution in [1.29, 1.82) is 0 Å². The van der Waals surface area contributed by atoms with Gasteiger partial charge in [0.15, 0.2) is 0 Å². The highest BCUT2D eigenvalue weighted by Gasteiger charge is 2.27. The van der Waals surface area contributed by atoms with E-state index in [2.05, 4.69) is 19.2 Å². The van der Waals surface area contributed by atoms with Crippen LogP contribution in [0.2, 0.25) is 0 Å². The lowest BCUT2D eigenvalue weighted by atomic mass is 9.77. The zero-order chi connectivity index (χ0) is 12.1. The van der Waals surface area contributed by atoms with Crippen molar-refractivity contribution in [1.82, 2.24) is 5.32 Å². The molecule has 0 bridgehead atoms. The molecule has 1 amide bonds. The Balaban J connectivity index is 2.41. The van der Waals surface area contributed by atoms with Crippen molar-refractivity contribution in [3.05, 3.63) is 0 Å². The van der Waals surface area contributed by atoms with Gasteiger partial charge in [0.05, 0.1) is 0 Å². The SMILES string of the molecule is CC(CNC1CCCCC1C(C)C)C(N)=O. The van der Waals surface area contributed by atoms with Gasteiger partial charge in [0.1, 0.15) is 0 Å². The molecule has 1 rings (SSSR count). The van der Waals surface area contributed by atoms with Crippen molar-refractivity contribution in [2.24, 2.45) is 23.5 Å². The standard InChI is InChI=1S/C13H26N2O/c1-9(2)11-6-4-5-7-12(11)15-8-10(3)13(14)16/h9-12,15H,4-8H2,1-3H3,(H2,14,16). The fraction of sp³-hybridized carbons (Fsp3) is 0.923. The van der Waals surface area contributed by atoms with Crippen LogP contribution in [-0.4, -0.2) is 18.5 Å². The van der Waals surface area contributed by atoms with Crippen molar-refractivity contribution in [3.8, 4) is 0 Å². The third kappa shape index (κ3) is 3.78. The van der Waals surface area contributed by atoms with E-state index in [0.29, 0.717) is 6.04 Å². The van der Waals surface area contributed by atoms with E-state index >= 15 is 0 Å². The zero-order valence-electron chi connectivity index (χ0n) is 10.8. The third-order valence-corrected chi connectivity index (χ3v) is 3.85. The number of carbonyl (C=O) groups is 1. The fourth-order valence-electron chi connectivity index (χ4n) is 2.64. The van der Waals surface area contributed by atoms with Crippen LogP contribution in [0.4, 0.5) is 0 Å². The normalized spacial score (nSPS) is 28.0. The molecule has 0 spiro atoms. The molecule has 1 aliphatic carbocycles. The second kappa shape index (κ2) is 6.24. The van der Waals surface area contributed by atoms with Gasteiger partial charge in [-0.05, 0) is 24.7 Å². The summed E-state index contributed by atoms with van der Waals surface area (Å²) in [5.41, 5.74) is 5.27. The molecular formula is C13H26N2O. The molecule has 94 valence electrons. The van der Waals surface area contributed by atoms with Gasteiger partial charge in [-0.3, -0.25) is 4.79 Å². The molecule has 16 heavy (non-hydrogen) atoms. The number of amides is 1. The van der Waals surface area contributed by atoms with E-state index in [0.717, 1.165) is 18.4 Å². The molecule has 3 unspecified atom stereocenters. The maximum absolute atomic E-state index is 11.0. The molecule has 3 heteroatoms. The van der Waals surface area contributed by atoms with Crippen LogP contribution in [0.15, 0.2) is 0 Å². The molecule has 3 N–H and O–H groups in total. The molecule has 0 radical (unpaired) electrons. The fourth-order valence-corrected chi connectivity index (χ4v) is 2.64. The van der Waals surface area contributed by atoms with Gasteiger partial charge in [-0.1, -0.05) is 33.6 Å². The first-order valence-electron chi connectivity index (χ1n) is 6.55. The average molecular weight is 226 g/mol. The average Bonchev–Trinajstić information content (AvgIpc) is 2.25. The van der Waals surface area contributed by atoms with Gasteiger partial charge in [-0.25, -0.2) is 0 Å². The van der Waals surface area contributed by atoms with E-state index in [9.17, 15) is 4.79 Å². The van der Waals surface area contributed by atoms with Crippen LogP contribution >= 0.6 is 0 Å².